The second-order valence-corrected chi connectivity index (χ2v) is 8.08. The Bertz CT molecular complexity index is 449. The van der Waals surface area contributed by atoms with Crippen LogP contribution in [0.2, 0.25) is 0 Å². The molecule has 7 heteroatoms. The summed E-state index contributed by atoms with van der Waals surface area (Å²) in [6, 6.07) is 0.0736. The molecule has 0 aromatic rings. The summed E-state index contributed by atoms with van der Waals surface area (Å²) in [5.41, 5.74) is 5.42. The molecular formula is C13H25N3O3S. The van der Waals surface area contributed by atoms with Gasteiger partial charge in [-0.1, -0.05) is 12.8 Å². The molecule has 0 bridgehead atoms. The average molecular weight is 303 g/mol. The summed E-state index contributed by atoms with van der Waals surface area (Å²) < 4.78 is 24.4. The van der Waals surface area contributed by atoms with Gasteiger partial charge < -0.3 is 11.1 Å². The quantitative estimate of drug-likeness (QED) is 0.767. The van der Waals surface area contributed by atoms with Crippen molar-refractivity contribution in [3.63, 3.8) is 0 Å². The zero-order valence-corrected chi connectivity index (χ0v) is 12.9. The molecule has 6 nitrogen and oxygen atoms in total. The Labute approximate surface area is 121 Å². The van der Waals surface area contributed by atoms with Crippen LogP contribution in [0.25, 0.3) is 0 Å². The average Bonchev–Trinajstić information content (AvgIpc) is 2.88. The largest absolute Gasteiger partial charge is 0.353 e. The molecule has 2 rings (SSSR count). The molecule has 116 valence electrons. The summed E-state index contributed by atoms with van der Waals surface area (Å²) in [6.45, 7) is 1.37. The maximum absolute atomic E-state index is 12.4. The van der Waals surface area contributed by atoms with Crippen LogP contribution in [0.3, 0.4) is 0 Å². The van der Waals surface area contributed by atoms with Gasteiger partial charge in [0, 0.05) is 25.7 Å². The molecule has 0 unspecified atom stereocenters. The minimum absolute atomic E-state index is 0.0651. The SMILES string of the molecule is CS(=O)(=O)N1CCC(NC(=O)C2(CN)CCCC2)CC1. The van der Waals surface area contributed by atoms with Gasteiger partial charge in [-0.15, -0.1) is 0 Å². The van der Waals surface area contributed by atoms with Crippen molar-refractivity contribution in [3.05, 3.63) is 0 Å². The molecule has 2 fully saturated rings. The second-order valence-electron chi connectivity index (χ2n) is 6.10. The van der Waals surface area contributed by atoms with E-state index >= 15 is 0 Å². The van der Waals surface area contributed by atoms with Gasteiger partial charge in [-0.25, -0.2) is 12.7 Å². The van der Waals surface area contributed by atoms with Crippen molar-refractivity contribution in [1.82, 2.24) is 9.62 Å². The highest BCUT2D eigenvalue weighted by Gasteiger charge is 2.40. The molecule has 3 N–H and O–H groups in total. The van der Waals surface area contributed by atoms with Gasteiger partial charge in [-0.3, -0.25) is 4.79 Å². The van der Waals surface area contributed by atoms with Crippen molar-refractivity contribution in [1.29, 1.82) is 0 Å². The van der Waals surface area contributed by atoms with Crippen molar-refractivity contribution in [3.8, 4) is 0 Å². The maximum atomic E-state index is 12.4. The number of sulfonamides is 1. The number of rotatable bonds is 4. The lowest BCUT2D eigenvalue weighted by atomic mass is 9.84. The first-order chi connectivity index (χ1) is 9.37. The molecule has 0 atom stereocenters. The Hall–Kier alpha value is -0.660. The first-order valence-corrected chi connectivity index (χ1v) is 9.18. The van der Waals surface area contributed by atoms with Crippen molar-refractivity contribution in [2.45, 2.75) is 44.6 Å². The van der Waals surface area contributed by atoms with Gasteiger partial charge in [-0.05, 0) is 25.7 Å². The summed E-state index contributed by atoms with van der Waals surface area (Å²) in [5.74, 6) is 0.0651. The highest BCUT2D eigenvalue weighted by atomic mass is 32.2. The fourth-order valence-corrected chi connectivity index (χ4v) is 4.12. The predicted molar refractivity (Wildman–Crippen MR) is 77.5 cm³/mol. The smallest absolute Gasteiger partial charge is 0.227 e. The summed E-state index contributed by atoms with van der Waals surface area (Å²) in [5, 5.41) is 3.08. The fourth-order valence-electron chi connectivity index (χ4n) is 3.25. The number of carbonyl (C=O) groups excluding carboxylic acids is 1. The number of nitrogens with one attached hydrogen (secondary N) is 1. The third kappa shape index (κ3) is 3.32. The van der Waals surface area contributed by atoms with E-state index in [0.29, 0.717) is 32.5 Å². The molecule has 0 aromatic carbocycles. The number of hydrogen-bond donors (Lipinski definition) is 2. The molecule has 1 heterocycles. The number of carbonyl (C=O) groups is 1. The normalized spacial score (nSPS) is 24.7. The van der Waals surface area contributed by atoms with E-state index in [2.05, 4.69) is 5.32 Å². The topological polar surface area (TPSA) is 92.5 Å². The van der Waals surface area contributed by atoms with Gasteiger partial charge in [0.15, 0.2) is 0 Å². The third-order valence-corrected chi connectivity index (χ3v) is 5.99. The molecule has 1 aliphatic heterocycles. The Kier molecular flexibility index (Phi) is 4.71. The summed E-state index contributed by atoms with van der Waals surface area (Å²) >= 11 is 0. The van der Waals surface area contributed by atoms with Crippen molar-refractivity contribution in [2.24, 2.45) is 11.1 Å². The first-order valence-electron chi connectivity index (χ1n) is 7.33. The highest BCUT2D eigenvalue weighted by Crippen LogP contribution is 2.37. The minimum atomic E-state index is -3.11. The molecule has 1 saturated carbocycles. The van der Waals surface area contributed by atoms with Gasteiger partial charge in [0.25, 0.3) is 0 Å². The van der Waals surface area contributed by atoms with Crippen LogP contribution in [0.15, 0.2) is 0 Å². The molecule has 1 aliphatic carbocycles. The standard InChI is InChI=1S/C13H25N3O3S/c1-20(18,19)16-8-4-11(5-9-16)15-12(17)13(10-14)6-2-3-7-13/h11H,2-10,14H2,1H3,(H,15,17). The predicted octanol–water partition coefficient (Wildman–Crippen LogP) is 0.0457. The Morgan fingerprint density at radius 3 is 2.30 bits per heavy atom. The Morgan fingerprint density at radius 1 is 1.30 bits per heavy atom. The monoisotopic (exact) mass is 303 g/mol. The van der Waals surface area contributed by atoms with E-state index in [4.69, 9.17) is 5.73 Å². The van der Waals surface area contributed by atoms with Gasteiger partial charge in [-0.2, -0.15) is 0 Å². The van der Waals surface area contributed by atoms with Gasteiger partial charge in [0.2, 0.25) is 15.9 Å². The molecule has 1 saturated heterocycles. The van der Waals surface area contributed by atoms with Gasteiger partial charge in [0.05, 0.1) is 11.7 Å². The lowest BCUT2D eigenvalue weighted by Gasteiger charge is -2.34. The number of piperidine rings is 1. The second kappa shape index (κ2) is 5.99. The van der Waals surface area contributed by atoms with Crippen LogP contribution in [0.1, 0.15) is 38.5 Å². The molecule has 0 aromatic heterocycles. The Balaban J connectivity index is 1.88. The minimum Gasteiger partial charge on any atom is -0.353 e. The number of nitrogens with two attached hydrogens (primary N) is 1. The molecule has 0 spiro atoms. The fraction of sp³-hybridized carbons (Fsp3) is 0.923. The van der Waals surface area contributed by atoms with E-state index < -0.39 is 10.0 Å². The summed E-state index contributed by atoms with van der Waals surface area (Å²) in [4.78, 5) is 12.4. The lowest BCUT2D eigenvalue weighted by molar-refractivity contribution is -0.131. The third-order valence-electron chi connectivity index (χ3n) is 4.69. The van der Waals surface area contributed by atoms with Crippen molar-refractivity contribution in [2.75, 3.05) is 25.9 Å². The first kappa shape index (κ1) is 15.7. The molecule has 2 aliphatic rings. The van der Waals surface area contributed by atoms with Crippen molar-refractivity contribution < 1.29 is 13.2 Å². The van der Waals surface area contributed by atoms with E-state index in [9.17, 15) is 13.2 Å². The molecule has 20 heavy (non-hydrogen) atoms. The highest BCUT2D eigenvalue weighted by molar-refractivity contribution is 7.88. The van der Waals surface area contributed by atoms with Gasteiger partial charge in [0.1, 0.15) is 0 Å². The van der Waals surface area contributed by atoms with Crippen LogP contribution in [0.5, 0.6) is 0 Å². The molecule has 1 amide bonds. The molecular weight excluding hydrogens is 278 g/mol. The van der Waals surface area contributed by atoms with Crippen LogP contribution in [-0.4, -0.2) is 50.6 Å². The summed E-state index contributed by atoms with van der Waals surface area (Å²) in [7, 11) is -3.11. The number of hydrogen-bond acceptors (Lipinski definition) is 4. The number of nitrogens with zero attached hydrogens (tertiary/aromatic N) is 1. The van der Waals surface area contributed by atoms with E-state index in [1.165, 1.54) is 10.6 Å². The zero-order chi connectivity index (χ0) is 14.8. The van der Waals surface area contributed by atoms with E-state index in [1.807, 2.05) is 0 Å². The van der Waals surface area contributed by atoms with Crippen LogP contribution in [-0.2, 0) is 14.8 Å². The maximum Gasteiger partial charge on any atom is 0.227 e. The van der Waals surface area contributed by atoms with Crippen molar-refractivity contribution >= 4 is 15.9 Å². The van der Waals surface area contributed by atoms with E-state index in [1.54, 1.807) is 0 Å². The van der Waals surface area contributed by atoms with Crippen LogP contribution < -0.4 is 11.1 Å². The van der Waals surface area contributed by atoms with E-state index in [-0.39, 0.29) is 17.4 Å². The van der Waals surface area contributed by atoms with Crippen LogP contribution in [0, 0.1) is 5.41 Å². The summed E-state index contributed by atoms with van der Waals surface area (Å²) in [6.07, 6.45) is 6.47. The lowest BCUT2D eigenvalue weighted by Crippen LogP contribution is -2.51. The van der Waals surface area contributed by atoms with Crippen LogP contribution >= 0.6 is 0 Å². The molecule has 0 radical (unpaired) electrons. The Morgan fingerprint density at radius 2 is 1.85 bits per heavy atom. The van der Waals surface area contributed by atoms with E-state index in [0.717, 1.165) is 25.7 Å². The van der Waals surface area contributed by atoms with Crippen LogP contribution in [0.4, 0.5) is 0 Å². The number of amides is 1. The zero-order valence-electron chi connectivity index (χ0n) is 12.1. The van der Waals surface area contributed by atoms with Gasteiger partial charge >= 0.3 is 0 Å².